The van der Waals surface area contributed by atoms with E-state index in [1.807, 2.05) is 19.1 Å². The molecule has 1 aliphatic carbocycles. The number of urea groups is 1. The third-order valence-electron chi connectivity index (χ3n) is 6.19. The molecule has 37 heavy (non-hydrogen) atoms. The minimum atomic E-state index is -2.55. The SMILES string of the molecule is COc1ccc(-c2ccc(N(CC(F)F)CC3CC3)c(NC(=O)Nc3ccc(C)cc3)c2)cc1C(=O)O. The number of hydrogen-bond donors (Lipinski definition) is 3. The van der Waals surface area contributed by atoms with Gasteiger partial charge in [0.25, 0.3) is 6.43 Å². The van der Waals surface area contributed by atoms with E-state index in [0.29, 0.717) is 40.7 Å². The molecule has 0 unspecified atom stereocenters. The van der Waals surface area contributed by atoms with Crippen LogP contribution in [0.15, 0.2) is 60.7 Å². The van der Waals surface area contributed by atoms with E-state index >= 15 is 0 Å². The number of aromatic carboxylic acids is 1. The molecular weight excluding hydrogens is 480 g/mol. The van der Waals surface area contributed by atoms with Crippen LogP contribution in [0.2, 0.25) is 0 Å². The summed E-state index contributed by atoms with van der Waals surface area (Å²) in [7, 11) is 1.39. The van der Waals surface area contributed by atoms with Gasteiger partial charge in [0.2, 0.25) is 0 Å². The zero-order valence-corrected chi connectivity index (χ0v) is 20.6. The number of aryl methyl sites for hydroxylation is 1. The van der Waals surface area contributed by atoms with Gasteiger partial charge in [0.15, 0.2) is 0 Å². The van der Waals surface area contributed by atoms with Gasteiger partial charge in [-0.15, -0.1) is 0 Å². The second-order valence-corrected chi connectivity index (χ2v) is 9.14. The average molecular weight is 510 g/mol. The molecule has 1 fully saturated rings. The summed E-state index contributed by atoms with van der Waals surface area (Å²) in [5.74, 6) is -0.581. The van der Waals surface area contributed by atoms with Crippen LogP contribution < -0.4 is 20.3 Å². The number of benzene rings is 3. The predicted octanol–water partition coefficient (Wildman–Crippen LogP) is 6.49. The van der Waals surface area contributed by atoms with E-state index < -0.39 is 25.0 Å². The van der Waals surface area contributed by atoms with Crippen LogP contribution in [-0.4, -0.2) is 43.7 Å². The highest BCUT2D eigenvalue weighted by Crippen LogP contribution is 2.37. The fraction of sp³-hybridized carbons (Fsp3) is 0.286. The molecule has 0 saturated heterocycles. The van der Waals surface area contributed by atoms with E-state index in [2.05, 4.69) is 10.6 Å². The highest BCUT2D eigenvalue weighted by molar-refractivity contribution is 6.02. The number of anilines is 3. The Bertz CT molecular complexity index is 1270. The Hall–Kier alpha value is -4.14. The normalized spacial score (nSPS) is 12.8. The number of carbonyl (C=O) groups is 2. The van der Waals surface area contributed by atoms with Crippen LogP contribution in [0.4, 0.5) is 30.6 Å². The molecule has 3 aromatic carbocycles. The molecule has 0 aliphatic heterocycles. The van der Waals surface area contributed by atoms with Crippen molar-refractivity contribution in [3.05, 3.63) is 71.8 Å². The summed E-state index contributed by atoms with van der Waals surface area (Å²) in [5, 5.41) is 15.1. The molecule has 0 bridgehead atoms. The van der Waals surface area contributed by atoms with Crippen LogP contribution in [0.5, 0.6) is 5.75 Å². The molecule has 0 spiro atoms. The van der Waals surface area contributed by atoms with E-state index in [1.54, 1.807) is 47.4 Å². The maximum absolute atomic E-state index is 13.5. The molecule has 2 amide bonds. The number of halogens is 2. The Morgan fingerprint density at radius 3 is 2.32 bits per heavy atom. The van der Waals surface area contributed by atoms with E-state index in [0.717, 1.165) is 18.4 Å². The molecular formula is C28H29F2N3O4. The molecule has 0 heterocycles. The average Bonchev–Trinajstić information content (AvgIpc) is 3.68. The molecule has 0 atom stereocenters. The lowest BCUT2D eigenvalue weighted by Crippen LogP contribution is -2.32. The van der Waals surface area contributed by atoms with E-state index in [1.165, 1.54) is 13.2 Å². The number of carboxylic acid groups (broad SMARTS) is 1. The monoisotopic (exact) mass is 509 g/mol. The topological polar surface area (TPSA) is 90.9 Å². The first-order chi connectivity index (χ1) is 17.7. The third-order valence-corrected chi connectivity index (χ3v) is 6.19. The number of nitrogens with one attached hydrogen (secondary N) is 2. The van der Waals surface area contributed by atoms with Crippen molar-refractivity contribution in [3.63, 3.8) is 0 Å². The Morgan fingerprint density at radius 1 is 1.03 bits per heavy atom. The second-order valence-electron chi connectivity index (χ2n) is 9.14. The molecule has 194 valence electrons. The van der Waals surface area contributed by atoms with Crippen LogP contribution in [0, 0.1) is 12.8 Å². The van der Waals surface area contributed by atoms with Gasteiger partial charge in [-0.3, -0.25) is 0 Å². The first-order valence-corrected chi connectivity index (χ1v) is 12.0. The number of ether oxygens (including phenoxy) is 1. The van der Waals surface area contributed by atoms with Crippen LogP contribution in [0.25, 0.3) is 11.1 Å². The molecule has 7 nitrogen and oxygen atoms in total. The van der Waals surface area contributed by atoms with Gasteiger partial charge in [0, 0.05) is 12.2 Å². The predicted molar refractivity (Wildman–Crippen MR) is 140 cm³/mol. The summed E-state index contributed by atoms with van der Waals surface area (Å²) < 4.78 is 32.1. The molecule has 3 aromatic rings. The maximum Gasteiger partial charge on any atom is 0.339 e. The quantitative estimate of drug-likeness (QED) is 0.290. The lowest BCUT2D eigenvalue weighted by molar-refractivity contribution is 0.0693. The minimum absolute atomic E-state index is 0.0104. The summed E-state index contributed by atoms with van der Waals surface area (Å²) in [5.41, 5.74) is 3.63. The van der Waals surface area contributed by atoms with Crippen LogP contribution >= 0.6 is 0 Å². The highest BCUT2D eigenvalue weighted by Gasteiger charge is 2.27. The van der Waals surface area contributed by atoms with Crippen molar-refractivity contribution >= 4 is 29.1 Å². The van der Waals surface area contributed by atoms with Crippen molar-refractivity contribution in [2.45, 2.75) is 26.2 Å². The van der Waals surface area contributed by atoms with Crippen molar-refractivity contribution in [1.29, 1.82) is 0 Å². The summed E-state index contributed by atoms with van der Waals surface area (Å²) in [6.07, 6.45) is -0.580. The fourth-order valence-electron chi connectivity index (χ4n) is 4.12. The van der Waals surface area contributed by atoms with Crippen molar-refractivity contribution in [2.24, 2.45) is 5.92 Å². The van der Waals surface area contributed by atoms with Crippen molar-refractivity contribution in [1.82, 2.24) is 0 Å². The van der Waals surface area contributed by atoms with Gasteiger partial charge < -0.3 is 25.4 Å². The van der Waals surface area contributed by atoms with Crippen molar-refractivity contribution in [3.8, 4) is 16.9 Å². The van der Waals surface area contributed by atoms with Crippen LogP contribution in [-0.2, 0) is 0 Å². The molecule has 1 saturated carbocycles. The molecule has 0 radical (unpaired) electrons. The summed E-state index contributed by atoms with van der Waals surface area (Å²) >= 11 is 0. The summed E-state index contributed by atoms with van der Waals surface area (Å²) in [6.45, 7) is 1.94. The zero-order valence-electron chi connectivity index (χ0n) is 20.6. The fourth-order valence-corrected chi connectivity index (χ4v) is 4.12. The van der Waals surface area contributed by atoms with Crippen LogP contribution in [0.1, 0.15) is 28.8 Å². The van der Waals surface area contributed by atoms with E-state index in [-0.39, 0.29) is 11.3 Å². The Balaban J connectivity index is 1.70. The first-order valence-electron chi connectivity index (χ1n) is 12.0. The molecule has 9 heteroatoms. The minimum Gasteiger partial charge on any atom is -0.496 e. The van der Waals surface area contributed by atoms with Gasteiger partial charge in [0.1, 0.15) is 11.3 Å². The van der Waals surface area contributed by atoms with Gasteiger partial charge >= 0.3 is 12.0 Å². The van der Waals surface area contributed by atoms with Gasteiger partial charge in [-0.25, -0.2) is 18.4 Å². The number of carbonyl (C=O) groups excluding carboxylic acids is 1. The summed E-state index contributed by atoms with van der Waals surface area (Å²) in [6, 6.07) is 16.6. The molecule has 4 rings (SSSR count). The highest BCUT2D eigenvalue weighted by atomic mass is 19.3. The Kier molecular flexibility index (Phi) is 7.91. The standard InChI is InChI=1S/C28H29F2N3O4/c1-17-3-9-21(10-4-17)31-28(36)32-23-14-20(19-8-12-25(37-2)22(13-19)27(34)35)7-11-24(23)33(16-26(29)30)15-18-5-6-18/h3-4,7-14,18,26H,5-6,15-16H2,1-2H3,(H,34,35)(H2,31,32,36). The lowest BCUT2D eigenvalue weighted by Gasteiger charge is -2.27. The number of amides is 2. The smallest absolute Gasteiger partial charge is 0.339 e. The number of hydrogen-bond acceptors (Lipinski definition) is 4. The number of nitrogens with zero attached hydrogens (tertiary/aromatic N) is 1. The van der Waals surface area contributed by atoms with Crippen LogP contribution in [0.3, 0.4) is 0 Å². The second kappa shape index (κ2) is 11.3. The maximum atomic E-state index is 13.5. The zero-order chi connectivity index (χ0) is 26.5. The number of rotatable bonds is 10. The molecule has 1 aliphatic rings. The Labute approximate surface area is 214 Å². The van der Waals surface area contributed by atoms with Crippen molar-refractivity contribution in [2.75, 3.05) is 35.7 Å². The van der Waals surface area contributed by atoms with Gasteiger partial charge in [-0.1, -0.05) is 29.8 Å². The largest absolute Gasteiger partial charge is 0.496 e. The number of alkyl halides is 2. The summed E-state index contributed by atoms with van der Waals surface area (Å²) in [4.78, 5) is 26.2. The van der Waals surface area contributed by atoms with E-state index in [9.17, 15) is 23.5 Å². The third kappa shape index (κ3) is 6.75. The lowest BCUT2D eigenvalue weighted by atomic mass is 10.0. The number of methoxy groups -OCH3 is 1. The Morgan fingerprint density at radius 2 is 1.70 bits per heavy atom. The van der Waals surface area contributed by atoms with Crippen molar-refractivity contribution < 1.29 is 28.2 Å². The van der Waals surface area contributed by atoms with Gasteiger partial charge in [0.05, 0.1) is 25.0 Å². The first kappa shape index (κ1) is 25.9. The van der Waals surface area contributed by atoms with Gasteiger partial charge in [-0.05, 0) is 73.2 Å². The van der Waals surface area contributed by atoms with Gasteiger partial charge in [-0.2, -0.15) is 0 Å². The number of carboxylic acids is 1. The molecule has 3 N–H and O–H groups in total. The molecule has 0 aromatic heterocycles. The van der Waals surface area contributed by atoms with E-state index in [4.69, 9.17) is 4.74 Å².